The van der Waals surface area contributed by atoms with Crippen LogP contribution in [0.1, 0.15) is 58.8 Å². The van der Waals surface area contributed by atoms with E-state index in [1.54, 1.807) is 19.2 Å². The SMILES string of the molecule is CN(CCNC(=O)c1ccc(B2OC(C)(C)C(C)(C)O2)cc1)C(=O)OC(C)(C)C. The average molecular weight is 404 g/mol. The molecular formula is C21H33BN2O5. The third-order valence-electron chi connectivity index (χ3n) is 5.14. The van der Waals surface area contributed by atoms with Crippen LogP contribution in [0.15, 0.2) is 24.3 Å². The van der Waals surface area contributed by atoms with E-state index in [0.717, 1.165) is 5.46 Å². The molecule has 0 aliphatic carbocycles. The van der Waals surface area contributed by atoms with E-state index >= 15 is 0 Å². The van der Waals surface area contributed by atoms with E-state index in [1.165, 1.54) is 4.90 Å². The Bertz CT molecular complexity index is 724. The van der Waals surface area contributed by atoms with Gasteiger partial charge >= 0.3 is 13.2 Å². The molecule has 1 aliphatic rings. The molecule has 1 aromatic carbocycles. The highest BCUT2D eigenvalue weighted by Gasteiger charge is 2.51. The molecule has 160 valence electrons. The molecule has 0 unspecified atom stereocenters. The maximum absolute atomic E-state index is 12.4. The predicted octanol–water partition coefficient (Wildman–Crippen LogP) is 2.58. The molecule has 0 radical (unpaired) electrons. The summed E-state index contributed by atoms with van der Waals surface area (Å²) in [5, 5.41) is 2.81. The fourth-order valence-electron chi connectivity index (χ4n) is 2.64. The van der Waals surface area contributed by atoms with Gasteiger partial charge in [-0.3, -0.25) is 4.79 Å². The highest BCUT2D eigenvalue weighted by molar-refractivity contribution is 6.62. The Morgan fingerprint density at radius 1 is 1.07 bits per heavy atom. The summed E-state index contributed by atoms with van der Waals surface area (Å²) in [6.45, 7) is 14.1. The van der Waals surface area contributed by atoms with Crippen LogP contribution >= 0.6 is 0 Å². The number of ether oxygens (including phenoxy) is 1. The smallest absolute Gasteiger partial charge is 0.444 e. The first-order chi connectivity index (χ1) is 13.2. The molecule has 29 heavy (non-hydrogen) atoms. The van der Waals surface area contributed by atoms with E-state index in [0.29, 0.717) is 18.7 Å². The summed E-state index contributed by atoms with van der Waals surface area (Å²) in [6, 6.07) is 7.16. The minimum Gasteiger partial charge on any atom is -0.444 e. The van der Waals surface area contributed by atoms with Gasteiger partial charge in [0.25, 0.3) is 5.91 Å². The molecule has 2 rings (SSSR count). The maximum Gasteiger partial charge on any atom is 0.494 e. The number of hydrogen-bond donors (Lipinski definition) is 1. The van der Waals surface area contributed by atoms with Crippen molar-refractivity contribution in [3.05, 3.63) is 29.8 Å². The van der Waals surface area contributed by atoms with Crippen LogP contribution in [0.2, 0.25) is 0 Å². The summed E-state index contributed by atoms with van der Waals surface area (Å²) in [7, 11) is 1.18. The van der Waals surface area contributed by atoms with Crippen LogP contribution in [0.4, 0.5) is 4.79 Å². The van der Waals surface area contributed by atoms with Crippen molar-refractivity contribution in [3.8, 4) is 0 Å². The van der Waals surface area contributed by atoms with Crippen molar-refractivity contribution >= 4 is 24.6 Å². The lowest BCUT2D eigenvalue weighted by Crippen LogP contribution is -2.41. The Morgan fingerprint density at radius 2 is 1.59 bits per heavy atom. The van der Waals surface area contributed by atoms with Crippen LogP contribution in [0.3, 0.4) is 0 Å². The molecule has 1 fully saturated rings. The van der Waals surface area contributed by atoms with Gasteiger partial charge in [-0.25, -0.2) is 4.79 Å². The van der Waals surface area contributed by atoms with Gasteiger partial charge in [0.2, 0.25) is 0 Å². The summed E-state index contributed by atoms with van der Waals surface area (Å²) in [4.78, 5) is 25.7. The van der Waals surface area contributed by atoms with Gasteiger partial charge in [-0.05, 0) is 66.1 Å². The molecule has 1 heterocycles. The van der Waals surface area contributed by atoms with Gasteiger partial charge in [0.05, 0.1) is 11.2 Å². The largest absolute Gasteiger partial charge is 0.494 e. The third kappa shape index (κ3) is 5.96. The lowest BCUT2D eigenvalue weighted by molar-refractivity contribution is 0.00578. The predicted molar refractivity (Wildman–Crippen MR) is 113 cm³/mol. The molecule has 1 aliphatic heterocycles. The Morgan fingerprint density at radius 3 is 2.07 bits per heavy atom. The second kappa shape index (κ2) is 8.36. The number of rotatable bonds is 5. The average Bonchev–Trinajstić information content (AvgIpc) is 2.81. The van der Waals surface area contributed by atoms with E-state index in [1.807, 2.05) is 60.6 Å². The van der Waals surface area contributed by atoms with Gasteiger partial charge in [0.1, 0.15) is 5.60 Å². The van der Waals surface area contributed by atoms with Gasteiger partial charge in [-0.1, -0.05) is 12.1 Å². The topological polar surface area (TPSA) is 77.1 Å². The Balaban J connectivity index is 1.86. The molecule has 8 heteroatoms. The number of likely N-dealkylation sites (N-methyl/N-ethyl adjacent to an activating group) is 1. The van der Waals surface area contributed by atoms with E-state index in [2.05, 4.69) is 5.32 Å². The van der Waals surface area contributed by atoms with Crippen LogP contribution in [0.5, 0.6) is 0 Å². The number of hydrogen-bond acceptors (Lipinski definition) is 5. The van der Waals surface area contributed by atoms with E-state index < -0.39 is 30.0 Å². The summed E-state index contributed by atoms with van der Waals surface area (Å²) in [5.41, 5.74) is 0.0324. The highest BCUT2D eigenvalue weighted by atomic mass is 16.7. The molecule has 0 aromatic heterocycles. The van der Waals surface area contributed by atoms with Gasteiger partial charge < -0.3 is 24.3 Å². The quantitative estimate of drug-likeness (QED) is 0.764. The van der Waals surface area contributed by atoms with Crippen LogP contribution in [0, 0.1) is 0 Å². The zero-order valence-corrected chi connectivity index (χ0v) is 18.8. The van der Waals surface area contributed by atoms with Crippen LogP contribution in [-0.2, 0) is 14.0 Å². The highest BCUT2D eigenvalue weighted by Crippen LogP contribution is 2.36. The van der Waals surface area contributed by atoms with Gasteiger partial charge in [0.15, 0.2) is 0 Å². The minimum atomic E-state index is -0.548. The first-order valence-corrected chi connectivity index (χ1v) is 9.90. The van der Waals surface area contributed by atoms with Crippen molar-refractivity contribution in [2.24, 2.45) is 0 Å². The molecule has 0 atom stereocenters. The Labute approximate surface area is 174 Å². The Hall–Kier alpha value is -2.06. The molecule has 2 amide bonds. The van der Waals surface area contributed by atoms with E-state index in [4.69, 9.17) is 14.0 Å². The fraction of sp³-hybridized carbons (Fsp3) is 0.619. The monoisotopic (exact) mass is 404 g/mol. The minimum absolute atomic E-state index is 0.206. The van der Waals surface area contributed by atoms with Gasteiger partial charge in [-0.15, -0.1) is 0 Å². The molecule has 1 saturated heterocycles. The first kappa shape index (κ1) is 23.2. The Kier molecular flexibility index (Phi) is 6.70. The zero-order chi connectivity index (χ0) is 22.0. The molecule has 0 saturated carbocycles. The summed E-state index contributed by atoms with van der Waals surface area (Å²) in [5.74, 6) is -0.206. The second-order valence-corrected chi connectivity index (χ2v) is 9.37. The summed E-state index contributed by atoms with van der Waals surface area (Å²) < 4.78 is 17.3. The van der Waals surface area contributed by atoms with Crippen LogP contribution in [0.25, 0.3) is 0 Å². The number of benzene rings is 1. The van der Waals surface area contributed by atoms with Crippen molar-refractivity contribution < 1.29 is 23.6 Å². The molecular weight excluding hydrogens is 371 g/mol. The maximum atomic E-state index is 12.4. The van der Waals surface area contributed by atoms with Crippen molar-refractivity contribution in [2.75, 3.05) is 20.1 Å². The van der Waals surface area contributed by atoms with Crippen molar-refractivity contribution in [1.29, 1.82) is 0 Å². The fourth-order valence-corrected chi connectivity index (χ4v) is 2.64. The van der Waals surface area contributed by atoms with Gasteiger partial charge in [0, 0.05) is 25.7 Å². The van der Waals surface area contributed by atoms with Crippen LogP contribution < -0.4 is 10.8 Å². The standard InChI is InChI=1S/C21H33BN2O5/c1-19(2,3)27-18(26)24(8)14-13-23-17(25)15-9-11-16(12-10-15)22-28-20(4,5)21(6,7)29-22/h9-12H,13-14H2,1-8H3,(H,23,25). The number of nitrogens with zero attached hydrogens (tertiary/aromatic N) is 1. The van der Waals surface area contributed by atoms with Crippen molar-refractivity contribution in [1.82, 2.24) is 10.2 Å². The summed E-state index contributed by atoms with van der Waals surface area (Å²) in [6.07, 6.45) is -0.418. The number of carbonyl (C=O) groups is 2. The number of nitrogens with one attached hydrogen (secondary N) is 1. The first-order valence-electron chi connectivity index (χ1n) is 9.90. The van der Waals surface area contributed by atoms with Gasteiger partial charge in [-0.2, -0.15) is 0 Å². The second-order valence-electron chi connectivity index (χ2n) is 9.37. The number of carbonyl (C=O) groups excluding carboxylic acids is 2. The zero-order valence-electron chi connectivity index (χ0n) is 18.8. The molecule has 0 spiro atoms. The van der Waals surface area contributed by atoms with Crippen LogP contribution in [-0.4, -0.2) is 61.0 Å². The summed E-state index contributed by atoms with van der Waals surface area (Å²) >= 11 is 0. The molecule has 1 N–H and O–H groups in total. The lowest BCUT2D eigenvalue weighted by Gasteiger charge is -2.32. The number of amides is 2. The molecule has 7 nitrogen and oxygen atoms in total. The normalized spacial score (nSPS) is 17.7. The lowest BCUT2D eigenvalue weighted by atomic mass is 9.79. The third-order valence-corrected chi connectivity index (χ3v) is 5.14. The van der Waals surface area contributed by atoms with Crippen molar-refractivity contribution in [2.45, 2.75) is 65.3 Å². The van der Waals surface area contributed by atoms with E-state index in [9.17, 15) is 9.59 Å². The van der Waals surface area contributed by atoms with Crippen molar-refractivity contribution in [3.63, 3.8) is 0 Å². The molecule has 0 bridgehead atoms. The van der Waals surface area contributed by atoms with E-state index in [-0.39, 0.29) is 5.91 Å². The molecule has 1 aromatic rings.